The molecule has 3 rings (SSSR count). The second kappa shape index (κ2) is 4.57. The molecule has 0 saturated carbocycles. The first kappa shape index (κ1) is 11.5. The summed E-state index contributed by atoms with van der Waals surface area (Å²) in [6.07, 6.45) is 6.20. The number of aromatic hydroxyl groups is 1. The van der Waals surface area contributed by atoms with Crippen LogP contribution in [-0.2, 0) is 0 Å². The second-order valence-corrected chi connectivity index (χ2v) is 5.07. The van der Waals surface area contributed by atoms with Gasteiger partial charge in [-0.2, -0.15) is 0 Å². The molecule has 18 heavy (non-hydrogen) atoms. The van der Waals surface area contributed by atoms with Crippen molar-refractivity contribution >= 4 is 5.91 Å². The molecule has 1 aromatic heterocycles. The van der Waals surface area contributed by atoms with Crippen LogP contribution in [-0.4, -0.2) is 46.1 Å². The SMILES string of the molecule is O=C(c1ccncc1O)N1CCC2CCC(C1)N2. The number of aromatic nitrogens is 1. The molecule has 2 saturated heterocycles. The number of pyridine rings is 1. The van der Waals surface area contributed by atoms with Crippen molar-refractivity contribution in [3.05, 3.63) is 24.0 Å². The summed E-state index contributed by atoms with van der Waals surface area (Å²) in [6.45, 7) is 1.49. The first-order valence-electron chi connectivity index (χ1n) is 6.42. The van der Waals surface area contributed by atoms with Crippen LogP contribution in [0, 0.1) is 0 Å². The number of carbonyl (C=O) groups is 1. The minimum Gasteiger partial charge on any atom is -0.505 e. The highest BCUT2D eigenvalue weighted by molar-refractivity contribution is 5.96. The molecule has 2 atom stereocenters. The number of nitrogens with zero attached hydrogens (tertiary/aromatic N) is 2. The first-order valence-corrected chi connectivity index (χ1v) is 6.42. The maximum Gasteiger partial charge on any atom is 0.257 e. The number of hydrogen-bond donors (Lipinski definition) is 2. The van der Waals surface area contributed by atoms with E-state index in [-0.39, 0.29) is 11.7 Å². The van der Waals surface area contributed by atoms with Crippen LogP contribution in [0.4, 0.5) is 0 Å². The topological polar surface area (TPSA) is 65.5 Å². The van der Waals surface area contributed by atoms with E-state index in [9.17, 15) is 9.90 Å². The van der Waals surface area contributed by atoms with Gasteiger partial charge in [-0.15, -0.1) is 0 Å². The maximum atomic E-state index is 12.4. The lowest BCUT2D eigenvalue weighted by Gasteiger charge is -2.24. The summed E-state index contributed by atoms with van der Waals surface area (Å²) in [5.74, 6) is -0.130. The van der Waals surface area contributed by atoms with Crippen molar-refractivity contribution in [1.29, 1.82) is 0 Å². The minimum atomic E-state index is -0.0933. The fourth-order valence-corrected chi connectivity index (χ4v) is 2.86. The normalized spacial score (nSPS) is 27.0. The van der Waals surface area contributed by atoms with Gasteiger partial charge < -0.3 is 15.3 Å². The Morgan fingerprint density at radius 3 is 3.06 bits per heavy atom. The van der Waals surface area contributed by atoms with Gasteiger partial charge in [0.25, 0.3) is 5.91 Å². The van der Waals surface area contributed by atoms with Crippen molar-refractivity contribution in [1.82, 2.24) is 15.2 Å². The van der Waals surface area contributed by atoms with Gasteiger partial charge in [-0.1, -0.05) is 0 Å². The van der Waals surface area contributed by atoms with E-state index in [0.717, 1.165) is 25.9 Å². The lowest BCUT2D eigenvalue weighted by Crippen LogP contribution is -2.39. The van der Waals surface area contributed by atoms with E-state index in [1.54, 1.807) is 6.07 Å². The third kappa shape index (κ3) is 2.06. The van der Waals surface area contributed by atoms with Gasteiger partial charge in [0.05, 0.1) is 11.8 Å². The average Bonchev–Trinajstić information content (AvgIpc) is 2.69. The van der Waals surface area contributed by atoms with Crippen molar-refractivity contribution in [2.75, 3.05) is 13.1 Å². The molecule has 5 heteroatoms. The highest BCUT2D eigenvalue weighted by Gasteiger charge is 2.31. The predicted molar refractivity (Wildman–Crippen MR) is 66.4 cm³/mol. The molecule has 2 bridgehead atoms. The molecule has 1 aromatic rings. The molecular weight excluding hydrogens is 230 g/mol. The Morgan fingerprint density at radius 2 is 2.22 bits per heavy atom. The summed E-state index contributed by atoms with van der Waals surface area (Å²) in [5, 5.41) is 13.2. The van der Waals surface area contributed by atoms with Crippen LogP contribution < -0.4 is 5.32 Å². The summed E-state index contributed by atoms with van der Waals surface area (Å²) in [6, 6.07) is 2.54. The highest BCUT2D eigenvalue weighted by Crippen LogP contribution is 2.23. The van der Waals surface area contributed by atoms with Gasteiger partial charge in [0, 0.05) is 31.4 Å². The molecule has 2 N–H and O–H groups in total. The molecule has 2 fully saturated rings. The van der Waals surface area contributed by atoms with E-state index in [1.165, 1.54) is 18.8 Å². The summed E-state index contributed by atoms with van der Waals surface area (Å²) >= 11 is 0. The zero-order chi connectivity index (χ0) is 12.5. The highest BCUT2D eigenvalue weighted by atomic mass is 16.3. The fraction of sp³-hybridized carbons (Fsp3) is 0.538. The number of likely N-dealkylation sites (tertiary alicyclic amines) is 1. The number of hydrogen-bond acceptors (Lipinski definition) is 4. The van der Waals surface area contributed by atoms with Gasteiger partial charge in [0.1, 0.15) is 5.75 Å². The van der Waals surface area contributed by atoms with Crippen molar-refractivity contribution in [2.24, 2.45) is 0 Å². The van der Waals surface area contributed by atoms with Crippen LogP contribution in [0.3, 0.4) is 0 Å². The van der Waals surface area contributed by atoms with Crippen molar-refractivity contribution < 1.29 is 9.90 Å². The molecule has 0 aromatic carbocycles. The van der Waals surface area contributed by atoms with Crippen LogP contribution >= 0.6 is 0 Å². The van der Waals surface area contributed by atoms with Crippen LogP contribution in [0.2, 0.25) is 0 Å². The first-order chi connectivity index (χ1) is 8.74. The number of carbonyl (C=O) groups excluding carboxylic acids is 1. The molecule has 2 aliphatic heterocycles. The van der Waals surface area contributed by atoms with Gasteiger partial charge in [-0.05, 0) is 25.3 Å². The smallest absolute Gasteiger partial charge is 0.257 e. The van der Waals surface area contributed by atoms with E-state index in [4.69, 9.17) is 0 Å². The lowest BCUT2D eigenvalue weighted by molar-refractivity contribution is 0.0745. The largest absolute Gasteiger partial charge is 0.505 e. The molecular formula is C13H17N3O2. The number of nitrogens with one attached hydrogen (secondary N) is 1. The van der Waals surface area contributed by atoms with E-state index in [0.29, 0.717) is 17.6 Å². The number of amides is 1. The van der Waals surface area contributed by atoms with Crippen molar-refractivity contribution in [3.8, 4) is 5.75 Å². The zero-order valence-corrected chi connectivity index (χ0v) is 10.2. The predicted octanol–water partition coefficient (Wildman–Crippen LogP) is 0.754. The summed E-state index contributed by atoms with van der Waals surface area (Å²) < 4.78 is 0. The molecule has 5 nitrogen and oxygen atoms in total. The quantitative estimate of drug-likeness (QED) is 0.768. The number of fused-ring (bicyclic) bond motifs is 2. The van der Waals surface area contributed by atoms with Gasteiger partial charge in [-0.3, -0.25) is 9.78 Å². The Kier molecular flexibility index (Phi) is 2.91. The summed E-state index contributed by atoms with van der Waals surface area (Å²) in [5.41, 5.74) is 0.350. The second-order valence-electron chi connectivity index (χ2n) is 5.07. The van der Waals surface area contributed by atoms with Crippen molar-refractivity contribution in [2.45, 2.75) is 31.3 Å². The molecule has 2 aliphatic rings. The fourth-order valence-electron chi connectivity index (χ4n) is 2.86. The minimum absolute atomic E-state index is 0.0372. The van der Waals surface area contributed by atoms with Gasteiger partial charge in [0.2, 0.25) is 0 Å². The Bertz CT molecular complexity index is 463. The maximum absolute atomic E-state index is 12.4. The van der Waals surface area contributed by atoms with E-state index >= 15 is 0 Å². The number of rotatable bonds is 1. The van der Waals surface area contributed by atoms with E-state index in [2.05, 4.69) is 10.3 Å². The molecule has 3 heterocycles. The van der Waals surface area contributed by atoms with Crippen LogP contribution in [0.25, 0.3) is 0 Å². The Morgan fingerprint density at radius 1 is 1.39 bits per heavy atom. The third-order valence-electron chi connectivity index (χ3n) is 3.84. The molecule has 0 aliphatic carbocycles. The molecule has 1 amide bonds. The Hall–Kier alpha value is -1.62. The zero-order valence-electron chi connectivity index (χ0n) is 10.2. The molecule has 0 spiro atoms. The van der Waals surface area contributed by atoms with Gasteiger partial charge in [0.15, 0.2) is 0 Å². The third-order valence-corrected chi connectivity index (χ3v) is 3.84. The van der Waals surface area contributed by atoms with Crippen LogP contribution in [0.1, 0.15) is 29.6 Å². The van der Waals surface area contributed by atoms with Gasteiger partial charge in [-0.25, -0.2) is 0 Å². The van der Waals surface area contributed by atoms with E-state index in [1.807, 2.05) is 4.90 Å². The Labute approximate surface area is 106 Å². The summed E-state index contributed by atoms with van der Waals surface area (Å²) in [7, 11) is 0. The standard InChI is InChI=1S/C13H17N3O2/c17-12-7-14-5-3-11(12)13(18)16-6-4-9-1-2-10(8-16)15-9/h3,5,7,9-10,15,17H,1-2,4,6,8H2. The summed E-state index contributed by atoms with van der Waals surface area (Å²) in [4.78, 5) is 18.0. The molecule has 2 unspecified atom stereocenters. The van der Waals surface area contributed by atoms with Gasteiger partial charge >= 0.3 is 0 Å². The van der Waals surface area contributed by atoms with Crippen LogP contribution in [0.5, 0.6) is 5.75 Å². The Balaban J connectivity index is 1.78. The lowest BCUT2D eigenvalue weighted by atomic mass is 10.1. The molecule has 0 radical (unpaired) electrons. The van der Waals surface area contributed by atoms with Crippen molar-refractivity contribution in [3.63, 3.8) is 0 Å². The molecule has 96 valence electrons. The monoisotopic (exact) mass is 247 g/mol. The van der Waals surface area contributed by atoms with E-state index < -0.39 is 0 Å². The van der Waals surface area contributed by atoms with Crippen LogP contribution in [0.15, 0.2) is 18.5 Å². The average molecular weight is 247 g/mol.